The molecule has 4 aromatic carbocycles. The van der Waals surface area contributed by atoms with Gasteiger partial charge in [-0.25, -0.2) is 9.78 Å². The molecule has 1 atom stereocenters. The lowest BCUT2D eigenvalue weighted by molar-refractivity contribution is 0.0697. The summed E-state index contributed by atoms with van der Waals surface area (Å²) in [5, 5.41) is 13.3. The molecule has 8 heteroatoms. The molecule has 8 nitrogen and oxygen atoms in total. The number of aromatic nitrogens is 2. The summed E-state index contributed by atoms with van der Waals surface area (Å²) < 4.78 is 10.8. The molecule has 0 bridgehead atoms. The van der Waals surface area contributed by atoms with E-state index in [1.807, 2.05) is 54.6 Å². The maximum atomic E-state index is 13.3. The summed E-state index contributed by atoms with van der Waals surface area (Å²) in [4.78, 5) is 33.9. The minimum Gasteiger partial charge on any atom is -0.497 e. The Morgan fingerprint density at radius 3 is 2.29 bits per heavy atom. The summed E-state index contributed by atoms with van der Waals surface area (Å²) in [6.45, 7) is 2.06. The summed E-state index contributed by atoms with van der Waals surface area (Å²) in [5.41, 5.74) is 4.52. The van der Waals surface area contributed by atoms with Crippen molar-refractivity contribution in [3.8, 4) is 34.0 Å². The number of amides is 1. The minimum absolute atomic E-state index is 0.00307. The summed E-state index contributed by atoms with van der Waals surface area (Å²) in [6.07, 6.45) is 1.64. The number of hydrogen-bond donors (Lipinski definition) is 3. The molecule has 0 radical (unpaired) electrons. The number of hydrogen-bond acceptors (Lipinski definition) is 5. The number of nitrogens with zero attached hydrogens (tertiary/aromatic N) is 1. The van der Waals surface area contributed by atoms with Gasteiger partial charge >= 0.3 is 5.97 Å². The van der Waals surface area contributed by atoms with Crippen molar-refractivity contribution < 1.29 is 24.2 Å². The number of fused-ring (bicyclic) bond motifs is 1. The molecular weight excluding hydrogens is 518 g/mol. The number of ether oxygens (including phenoxy) is 2. The van der Waals surface area contributed by atoms with Gasteiger partial charge in [0.2, 0.25) is 0 Å². The Morgan fingerprint density at radius 1 is 0.878 bits per heavy atom. The smallest absolute Gasteiger partial charge is 0.336 e. The van der Waals surface area contributed by atoms with Gasteiger partial charge in [-0.15, -0.1) is 0 Å². The highest BCUT2D eigenvalue weighted by Crippen LogP contribution is 2.37. The first-order chi connectivity index (χ1) is 19.9. The SMILES string of the molecule is CCC[C@@H](NC(=O)c1ccc(-c2cc(OC)ccc2-c2nc3cc(OC)ccc3[nH]2)c(C(=O)O)c1)c1ccccc1. The van der Waals surface area contributed by atoms with Gasteiger partial charge in [0.1, 0.15) is 17.3 Å². The van der Waals surface area contributed by atoms with E-state index in [2.05, 4.69) is 17.2 Å². The third kappa shape index (κ3) is 5.77. The van der Waals surface area contributed by atoms with Crippen LogP contribution in [0.2, 0.25) is 0 Å². The molecule has 0 saturated carbocycles. The van der Waals surface area contributed by atoms with Crippen molar-refractivity contribution in [3.63, 3.8) is 0 Å². The topological polar surface area (TPSA) is 114 Å². The van der Waals surface area contributed by atoms with Crippen molar-refractivity contribution in [2.45, 2.75) is 25.8 Å². The largest absolute Gasteiger partial charge is 0.497 e. The van der Waals surface area contributed by atoms with Crippen molar-refractivity contribution in [2.75, 3.05) is 14.2 Å². The number of carboxylic acids is 1. The Labute approximate surface area is 238 Å². The minimum atomic E-state index is -1.15. The van der Waals surface area contributed by atoms with Gasteiger partial charge in [-0.2, -0.15) is 0 Å². The second kappa shape index (κ2) is 12.0. The lowest BCUT2D eigenvalue weighted by Crippen LogP contribution is -2.28. The molecule has 0 aliphatic rings. The van der Waals surface area contributed by atoms with E-state index in [1.165, 1.54) is 6.07 Å². The van der Waals surface area contributed by atoms with Gasteiger partial charge in [-0.1, -0.05) is 49.7 Å². The molecule has 5 aromatic rings. The van der Waals surface area contributed by atoms with E-state index in [0.717, 1.165) is 23.9 Å². The van der Waals surface area contributed by atoms with Gasteiger partial charge in [-0.3, -0.25) is 4.79 Å². The van der Waals surface area contributed by atoms with Crippen molar-refractivity contribution in [1.29, 1.82) is 0 Å². The molecule has 0 aliphatic carbocycles. The summed E-state index contributed by atoms with van der Waals surface area (Å²) in [5.74, 6) is 0.324. The highest BCUT2D eigenvalue weighted by atomic mass is 16.5. The highest BCUT2D eigenvalue weighted by molar-refractivity contribution is 6.03. The quantitative estimate of drug-likeness (QED) is 0.175. The summed E-state index contributed by atoms with van der Waals surface area (Å²) >= 11 is 0. The van der Waals surface area contributed by atoms with Crippen LogP contribution in [0.3, 0.4) is 0 Å². The van der Waals surface area contributed by atoms with E-state index in [-0.39, 0.29) is 23.1 Å². The zero-order valence-corrected chi connectivity index (χ0v) is 23.1. The van der Waals surface area contributed by atoms with Gasteiger partial charge in [0.15, 0.2) is 0 Å². The standard InChI is InChI=1S/C33H31N3O5/c1-4-8-28(20-9-6-5-7-10-20)36-32(37)21-11-14-24(27(17-21)33(38)39)26-18-22(40-2)12-15-25(26)31-34-29-16-13-23(41-3)19-30(29)35-31/h5-7,9-19,28H,4,8H2,1-3H3,(H,34,35)(H,36,37)(H,38,39)/t28-/m1/s1. The first-order valence-electron chi connectivity index (χ1n) is 13.4. The Hall–Kier alpha value is -5.11. The van der Waals surface area contributed by atoms with Crippen LogP contribution in [0, 0.1) is 0 Å². The molecule has 1 amide bonds. The average molecular weight is 550 g/mol. The maximum absolute atomic E-state index is 13.3. The van der Waals surface area contributed by atoms with Crippen LogP contribution >= 0.6 is 0 Å². The van der Waals surface area contributed by atoms with Crippen molar-refractivity contribution in [2.24, 2.45) is 0 Å². The number of H-pyrrole nitrogens is 1. The first kappa shape index (κ1) is 27.5. The van der Waals surface area contributed by atoms with Crippen LogP contribution in [0.25, 0.3) is 33.5 Å². The van der Waals surface area contributed by atoms with Gasteiger partial charge in [-0.05, 0) is 65.6 Å². The predicted molar refractivity (Wildman–Crippen MR) is 159 cm³/mol. The number of carbonyl (C=O) groups excluding carboxylic acids is 1. The van der Waals surface area contributed by atoms with Crippen LogP contribution in [-0.4, -0.2) is 41.2 Å². The zero-order chi connectivity index (χ0) is 28.9. The van der Waals surface area contributed by atoms with Crippen LogP contribution in [-0.2, 0) is 0 Å². The fourth-order valence-corrected chi connectivity index (χ4v) is 4.95. The third-order valence-electron chi connectivity index (χ3n) is 7.06. The Bertz CT molecular complexity index is 1710. The number of aromatic carboxylic acids is 1. The molecule has 0 aliphatic heterocycles. The van der Waals surface area contributed by atoms with E-state index < -0.39 is 5.97 Å². The fraction of sp³-hybridized carbons (Fsp3) is 0.182. The lowest BCUT2D eigenvalue weighted by atomic mass is 9.93. The summed E-state index contributed by atoms with van der Waals surface area (Å²) in [6, 6.07) is 25.3. The number of nitrogens with one attached hydrogen (secondary N) is 2. The van der Waals surface area contributed by atoms with E-state index in [0.29, 0.717) is 39.5 Å². The molecular formula is C33H31N3O5. The zero-order valence-electron chi connectivity index (χ0n) is 23.1. The number of methoxy groups -OCH3 is 2. The van der Waals surface area contributed by atoms with Crippen molar-refractivity contribution in [3.05, 3.63) is 102 Å². The van der Waals surface area contributed by atoms with Gasteiger partial charge in [0.25, 0.3) is 5.91 Å². The van der Waals surface area contributed by atoms with Gasteiger partial charge in [0, 0.05) is 17.2 Å². The highest BCUT2D eigenvalue weighted by Gasteiger charge is 2.22. The fourth-order valence-electron chi connectivity index (χ4n) is 4.95. The normalized spacial score (nSPS) is 11.7. The monoisotopic (exact) mass is 549 g/mol. The van der Waals surface area contributed by atoms with E-state index in [1.54, 1.807) is 38.5 Å². The first-order valence-corrected chi connectivity index (χ1v) is 13.4. The molecule has 0 unspecified atom stereocenters. The van der Waals surface area contributed by atoms with Crippen molar-refractivity contribution >= 4 is 22.9 Å². The predicted octanol–water partition coefficient (Wildman–Crippen LogP) is 6.88. The Morgan fingerprint density at radius 2 is 1.59 bits per heavy atom. The molecule has 0 spiro atoms. The third-order valence-corrected chi connectivity index (χ3v) is 7.06. The van der Waals surface area contributed by atoms with Crippen LogP contribution in [0.4, 0.5) is 0 Å². The Balaban J connectivity index is 1.56. The number of benzene rings is 4. The number of carbonyl (C=O) groups is 2. The van der Waals surface area contributed by atoms with E-state index >= 15 is 0 Å². The van der Waals surface area contributed by atoms with Crippen LogP contribution in [0.15, 0.2) is 84.9 Å². The number of aromatic amines is 1. The molecule has 1 aromatic heterocycles. The maximum Gasteiger partial charge on any atom is 0.336 e. The second-order valence-electron chi connectivity index (χ2n) is 9.67. The number of carboxylic acid groups (broad SMARTS) is 1. The second-order valence-corrected chi connectivity index (χ2v) is 9.67. The molecule has 1 heterocycles. The molecule has 0 saturated heterocycles. The molecule has 41 heavy (non-hydrogen) atoms. The van der Waals surface area contributed by atoms with E-state index in [4.69, 9.17) is 14.5 Å². The van der Waals surface area contributed by atoms with Crippen LogP contribution in [0.5, 0.6) is 11.5 Å². The number of imidazole rings is 1. The van der Waals surface area contributed by atoms with Gasteiger partial charge in [0.05, 0.1) is 36.9 Å². The number of rotatable bonds is 10. The van der Waals surface area contributed by atoms with E-state index in [9.17, 15) is 14.7 Å². The molecule has 208 valence electrons. The molecule has 5 rings (SSSR count). The average Bonchev–Trinajstić information content (AvgIpc) is 3.43. The van der Waals surface area contributed by atoms with Gasteiger partial charge < -0.3 is 24.9 Å². The van der Waals surface area contributed by atoms with Crippen LogP contribution < -0.4 is 14.8 Å². The Kier molecular flexibility index (Phi) is 8.01. The van der Waals surface area contributed by atoms with Crippen molar-refractivity contribution in [1.82, 2.24) is 15.3 Å². The molecule has 0 fully saturated rings. The van der Waals surface area contributed by atoms with Crippen LogP contribution in [0.1, 0.15) is 52.1 Å². The molecule has 3 N–H and O–H groups in total. The lowest BCUT2D eigenvalue weighted by Gasteiger charge is -2.19. The summed E-state index contributed by atoms with van der Waals surface area (Å²) in [7, 11) is 3.15.